The molecule has 7 N–H and O–H groups in total. The van der Waals surface area contributed by atoms with Crippen molar-refractivity contribution in [2.24, 2.45) is 0 Å². The summed E-state index contributed by atoms with van der Waals surface area (Å²) in [4.78, 5) is 10.4. The van der Waals surface area contributed by atoms with E-state index >= 15 is 0 Å². The van der Waals surface area contributed by atoms with Crippen molar-refractivity contribution in [2.45, 2.75) is 36.7 Å². The topological polar surface area (TPSA) is 135 Å². The second kappa shape index (κ2) is 4.30. The van der Waals surface area contributed by atoms with Crippen LogP contribution in [0.25, 0.3) is 0 Å². The van der Waals surface area contributed by atoms with E-state index in [1.807, 2.05) is 0 Å². The Morgan fingerprint density at radius 1 is 1.14 bits per heavy atom. The highest BCUT2D eigenvalue weighted by molar-refractivity contribution is 5.56. The van der Waals surface area contributed by atoms with Crippen LogP contribution in [0.3, 0.4) is 0 Å². The molecule has 7 heteroatoms. The lowest BCUT2D eigenvalue weighted by molar-refractivity contribution is -0.441. The average molecular weight is 208 g/mol. The van der Waals surface area contributed by atoms with Gasteiger partial charge in [0.1, 0.15) is 24.4 Å². The zero-order valence-electron chi connectivity index (χ0n) is 7.35. The van der Waals surface area contributed by atoms with E-state index in [-0.39, 0.29) is 0 Å². The molecule has 0 spiro atoms. The second-order valence-corrected chi connectivity index (χ2v) is 3.26. The number of hydrogen-bond donors (Lipinski definition) is 5. The van der Waals surface area contributed by atoms with Crippen LogP contribution in [0.5, 0.6) is 0 Å². The Balaban J connectivity index is 2.74. The normalized spacial score (nSPS) is 45.9. The van der Waals surface area contributed by atoms with Crippen LogP contribution in [0, 0.1) is 0 Å². The number of carbonyl (C=O) groups is 1. The molecule has 0 aromatic heterocycles. The lowest BCUT2D eigenvalue weighted by atomic mass is 9.95. The molecular weight excluding hydrogens is 194 g/mol. The first-order valence-corrected chi connectivity index (χ1v) is 4.15. The number of aliphatic hydroxyl groups excluding tert-OH is 4. The quantitative estimate of drug-likeness (QED) is 0.291. The Morgan fingerprint density at radius 2 is 1.71 bits per heavy atom. The van der Waals surface area contributed by atoms with Gasteiger partial charge in [0.25, 0.3) is 0 Å². The standard InChI is InChI=1S/C7H13NO6/c8-2(1-9)6-4(11)3(10)5(12)7(13)14-6/h1-7,10-13H,8H2/p+1. The lowest BCUT2D eigenvalue weighted by Crippen LogP contribution is -2.74. The molecule has 7 nitrogen and oxygen atoms in total. The first kappa shape index (κ1) is 11.5. The van der Waals surface area contributed by atoms with Gasteiger partial charge in [0.15, 0.2) is 18.6 Å². The summed E-state index contributed by atoms with van der Waals surface area (Å²) in [6.45, 7) is 0. The summed E-state index contributed by atoms with van der Waals surface area (Å²) < 4.78 is 4.74. The maximum absolute atomic E-state index is 10.4. The lowest BCUT2D eigenvalue weighted by Gasteiger charge is -2.38. The number of carbonyl (C=O) groups excluding carboxylic acids is 1. The third-order valence-corrected chi connectivity index (χ3v) is 2.22. The molecule has 6 unspecified atom stereocenters. The summed E-state index contributed by atoms with van der Waals surface area (Å²) in [6, 6.07) is -0.915. The molecular formula is C7H14NO6+. The minimum Gasteiger partial charge on any atom is -0.387 e. The molecule has 0 radical (unpaired) electrons. The minimum absolute atomic E-state index is 0.436. The molecule has 82 valence electrons. The largest absolute Gasteiger partial charge is 0.387 e. The van der Waals surface area contributed by atoms with E-state index in [1.165, 1.54) is 0 Å². The molecule has 1 saturated heterocycles. The fraction of sp³-hybridized carbons (Fsp3) is 0.857. The van der Waals surface area contributed by atoms with E-state index in [2.05, 4.69) is 5.73 Å². The van der Waals surface area contributed by atoms with Crippen molar-refractivity contribution < 1.29 is 35.7 Å². The minimum atomic E-state index is -1.62. The number of quaternary nitrogens is 1. The summed E-state index contributed by atoms with van der Waals surface area (Å²) >= 11 is 0. The SMILES string of the molecule is [NH3+]C(C=O)C1OC(O)C(O)C(O)C1O. The maximum atomic E-state index is 10.4. The molecule has 0 aromatic carbocycles. The van der Waals surface area contributed by atoms with Crippen LogP contribution in [-0.4, -0.2) is 63.5 Å². The van der Waals surface area contributed by atoms with Crippen LogP contribution >= 0.6 is 0 Å². The Hall–Kier alpha value is -0.570. The van der Waals surface area contributed by atoms with Gasteiger partial charge in [-0.05, 0) is 0 Å². The van der Waals surface area contributed by atoms with E-state index in [9.17, 15) is 15.0 Å². The number of rotatable bonds is 2. The summed E-state index contributed by atoms with van der Waals surface area (Å²) in [5.41, 5.74) is 3.37. The predicted octanol–water partition coefficient (Wildman–Crippen LogP) is -4.40. The van der Waals surface area contributed by atoms with Crippen molar-refractivity contribution in [3.63, 3.8) is 0 Å². The molecule has 0 saturated carbocycles. The van der Waals surface area contributed by atoms with Crippen molar-refractivity contribution in [2.75, 3.05) is 0 Å². The highest BCUT2D eigenvalue weighted by Gasteiger charge is 2.46. The zero-order chi connectivity index (χ0) is 10.9. The predicted molar refractivity (Wildman–Crippen MR) is 41.6 cm³/mol. The van der Waals surface area contributed by atoms with Gasteiger partial charge >= 0.3 is 0 Å². The molecule has 14 heavy (non-hydrogen) atoms. The third kappa shape index (κ3) is 1.92. The van der Waals surface area contributed by atoms with Crippen molar-refractivity contribution in [1.29, 1.82) is 0 Å². The van der Waals surface area contributed by atoms with Crippen molar-refractivity contribution in [3.8, 4) is 0 Å². The van der Waals surface area contributed by atoms with Gasteiger partial charge in [-0.1, -0.05) is 0 Å². The Kier molecular flexibility index (Phi) is 3.53. The van der Waals surface area contributed by atoms with Crippen LogP contribution in [0.4, 0.5) is 0 Å². The fourth-order valence-electron chi connectivity index (χ4n) is 1.32. The fourth-order valence-corrected chi connectivity index (χ4v) is 1.32. The first-order valence-electron chi connectivity index (χ1n) is 4.15. The summed E-state index contributed by atoms with van der Waals surface area (Å²) in [7, 11) is 0. The maximum Gasteiger partial charge on any atom is 0.184 e. The molecule has 0 bridgehead atoms. The van der Waals surface area contributed by atoms with E-state index in [0.29, 0.717) is 6.29 Å². The Bertz CT molecular complexity index is 212. The summed E-state index contributed by atoms with van der Waals surface area (Å²) in [5, 5.41) is 36.8. The van der Waals surface area contributed by atoms with Crippen molar-refractivity contribution in [1.82, 2.24) is 0 Å². The number of hydrogen-bond acceptors (Lipinski definition) is 6. The van der Waals surface area contributed by atoms with Crippen LogP contribution in [0.1, 0.15) is 0 Å². The van der Waals surface area contributed by atoms with E-state index in [1.54, 1.807) is 0 Å². The van der Waals surface area contributed by atoms with Gasteiger partial charge in [-0.2, -0.15) is 0 Å². The van der Waals surface area contributed by atoms with Gasteiger partial charge in [0.2, 0.25) is 0 Å². The van der Waals surface area contributed by atoms with Gasteiger partial charge < -0.3 is 30.9 Å². The van der Waals surface area contributed by atoms with Gasteiger partial charge in [0, 0.05) is 0 Å². The molecule has 1 fully saturated rings. The molecule has 1 aliphatic heterocycles. The number of aliphatic hydroxyl groups is 4. The Labute approximate surface area is 79.7 Å². The second-order valence-electron chi connectivity index (χ2n) is 3.26. The molecule has 1 aliphatic rings. The average Bonchev–Trinajstić information content (AvgIpc) is 2.19. The van der Waals surface area contributed by atoms with Gasteiger partial charge in [0.05, 0.1) is 0 Å². The number of aldehydes is 1. The smallest absolute Gasteiger partial charge is 0.184 e. The van der Waals surface area contributed by atoms with E-state index in [4.69, 9.17) is 14.9 Å². The monoisotopic (exact) mass is 208 g/mol. The molecule has 0 amide bonds. The highest BCUT2D eigenvalue weighted by atomic mass is 16.6. The van der Waals surface area contributed by atoms with Crippen molar-refractivity contribution in [3.05, 3.63) is 0 Å². The van der Waals surface area contributed by atoms with Gasteiger partial charge in [-0.3, -0.25) is 4.79 Å². The molecule has 0 aromatic rings. The van der Waals surface area contributed by atoms with Crippen LogP contribution < -0.4 is 5.73 Å². The molecule has 6 atom stereocenters. The van der Waals surface area contributed by atoms with Crippen LogP contribution in [-0.2, 0) is 9.53 Å². The number of ether oxygens (including phenoxy) is 1. The molecule has 1 rings (SSSR count). The van der Waals surface area contributed by atoms with E-state index < -0.39 is 36.7 Å². The first-order chi connectivity index (χ1) is 6.49. The highest BCUT2D eigenvalue weighted by Crippen LogP contribution is 2.20. The van der Waals surface area contributed by atoms with Gasteiger partial charge in [-0.25, -0.2) is 0 Å². The summed E-state index contributed by atoms with van der Waals surface area (Å²) in [5.74, 6) is 0. The Morgan fingerprint density at radius 3 is 2.21 bits per heavy atom. The van der Waals surface area contributed by atoms with E-state index in [0.717, 1.165) is 0 Å². The van der Waals surface area contributed by atoms with Crippen LogP contribution in [0.2, 0.25) is 0 Å². The third-order valence-electron chi connectivity index (χ3n) is 2.22. The molecule has 0 aliphatic carbocycles. The zero-order valence-corrected chi connectivity index (χ0v) is 7.35. The molecule has 1 heterocycles. The van der Waals surface area contributed by atoms with Crippen molar-refractivity contribution >= 4 is 6.29 Å². The van der Waals surface area contributed by atoms with Gasteiger partial charge in [-0.15, -0.1) is 0 Å². The summed E-state index contributed by atoms with van der Waals surface area (Å²) in [6.07, 6.45) is -6.87. The van der Waals surface area contributed by atoms with Crippen LogP contribution in [0.15, 0.2) is 0 Å².